The van der Waals surface area contributed by atoms with Gasteiger partial charge in [-0.05, 0) is 49.9 Å². The predicted octanol–water partition coefficient (Wildman–Crippen LogP) is 4.69. The number of unbranched alkanes of at least 4 members (excludes halogenated alkanes) is 1. The van der Waals surface area contributed by atoms with Crippen LogP contribution in [0, 0.1) is 0 Å². The van der Waals surface area contributed by atoms with Crippen LogP contribution in [0.5, 0.6) is 0 Å². The molecule has 0 unspecified atom stereocenters. The average Bonchev–Trinajstić information content (AvgIpc) is 3.00. The first-order chi connectivity index (χ1) is 12.5. The molecule has 0 saturated carbocycles. The van der Waals surface area contributed by atoms with Crippen LogP contribution in [0.15, 0.2) is 30.5 Å². The van der Waals surface area contributed by atoms with Crippen molar-refractivity contribution in [1.82, 2.24) is 14.5 Å². The average molecular weight is 417 g/mol. The SMILES string of the molecule is OC1(c2ccc(Cl)cc2)CCN(CCCCn2cc(Cl)nc2CCl)CC1. The number of hydrogen-bond acceptors (Lipinski definition) is 3. The summed E-state index contributed by atoms with van der Waals surface area (Å²) in [5.41, 5.74) is 0.233. The van der Waals surface area contributed by atoms with Crippen molar-refractivity contribution in [2.75, 3.05) is 19.6 Å². The van der Waals surface area contributed by atoms with Crippen molar-refractivity contribution in [3.05, 3.63) is 52.0 Å². The monoisotopic (exact) mass is 415 g/mol. The first kappa shape index (κ1) is 20.0. The molecule has 2 heterocycles. The third-order valence-corrected chi connectivity index (χ3v) is 5.81. The van der Waals surface area contributed by atoms with Gasteiger partial charge in [0.05, 0.1) is 11.5 Å². The third kappa shape index (κ3) is 4.93. The molecule has 1 aliphatic rings. The first-order valence-electron chi connectivity index (χ1n) is 8.98. The Bertz CT molecular complexity index is 709. The second-order valence-electron chi connectivity index (χ2n) is 6.89. The number of nitrogens with zero attached hydrogens (tertiary/aromatic N) is 3. The number of rotatable bonds is 7. The van der Waals surface area contributed by atoms with Crippen molar-refractivity contribution >= 4 is 34.8 Å². The molecule has 0 atom stereocenters. The summed E-state index contributed by atoms with van der Waals surface area (Å²) in [7, 11) is 0. The highest BCUT2D eigenvalue weighted by Gasteiger charge is 2.33. The minimum Gasteiger partial charge on any atom is -0.385 e. The van der Waals surface area contributed by atoms with Crippen LogP contribution in [0.2, 0.25) is 10.2 Å². The second kappa shape index (κ2) is 8.94. The third-order valence-electron chi connectivity index (χ3n) is 5.14. The maximum absolute atomic E-state index is 10.9. The van der Waals surface area contributed by atoms with Crippen molar-refractivity contribution in [2.45, 2.75) is 43.7 Å². The Balaban J connectivity index is 1.42. The van der Waals surface area contributed by atoms with E-state index in [0.29, 0.717) is 16.1 Å². The topological polar surface area (TPSA) is 41.3 Å². The highest BCUT2D eigenvalue weighted by atomic mass is 35.5. The molecule has 7 heteroatoms. The molecule has 0 spiro atoms. The Labute approximate surface area is 169 Å². The smallest absolute Gasteiger partial charge is 0.147 e. The standard InChI is InChI=1S/C19H24Cl3N3O/c20-13-18-23-17(22)14-25(18)10-2-1-9-24-11-7-19(26,8-12-24)15-3-5-16(21)6-4-15/h3-6,14,26H,1-2,7-13H2. The zero-order valence-electron chi connectivity index (χ0n) is 14.7. The molecule has 0 bridgehead atoms. The number of aromatic nitrogens is 2. The Morgan fingerprint density at radius 1 is 1.04 bits per heavy atom. The molecule has 142 valence electrons. The fourth-order valence-corrected chi connectivity index (χ4v) is 4.09. The van der Waals surface area contributed by atoms with Crippen molar-refractivity contribution in [3.8, 4) is 0 Å². The summed E-state index contributed by atoms with van der Waals surface area (Å²) in [6.07, 6.45) is 5.49. The molecule has 0 radical (unpaired) electrons. The molecule has 1 N–H and O–H groups in total. The summed E-state index contributed by atoms with van der Waals surface area (Å²) >= 11 is 17.8. The van der Waals surface area contributed by atoms with Crippen molar-refractivity contribution in [1.29, 1.82) is 0 Å². The van der Waals surface area contributed by atoms with Crippen LogP contribution in [0.25, 0.3) is 0 Å². The molecular weight excluding hydrogens is 393 g/mol. The number of piperidine rings is 1. The summed E-state index contributed by atoms with van der Waals surface area (Å²) in [4.78, 5) is 6.62. The lowest BCUT2D eigenvalue weighted by Crippen LogP contribution is -2.42. The van der Waals surface area contributed by atoms with E-state index in [4.69, 9.17) is 34.8 Å². The lowest BCUT2D eigenvalue weighted by atomic mass is 9.84. The predicted molar refractivity (Wildman–Crippen MR) is 107 cm³/mol. The van der Waals surface area contributed by atoms with E-state index in [1.807, 2.05) is 35.0 Å². The molecule has 1 aromatic carbocycles. The minimum atomic E-state index is -0.732. The lowest BCUT2D eigenvalue weighted by molar-refractivity contribution is -0.0261. The van der Waals surface area contributed by atoms with E-state index in [-0.39, 0.29) is 0 Å². The van der Waals surface area contributed by atoms with E-state index < -0.39 is 5.60 Å². The molecule has 0 amide bonds. The summed E-state index contributed by atoms with van der Waals surface area (Å²) in [5.74, 6) is 1.20. The van der Waals surface area contributed by atoms with Gasteiger partial charge in [-0.25, -0.2) is 4.98 Å². The van der Waals surface area contributed by atoms with Gasteiger partial charge in [-0.2, -0.15) is 0 Å². The Kier molecular flexibility index (Phi) is 6.87. The summed E-state index contributed by atoms with van der Waals surface area (Å²) < 4.78 is 2.03. The van der Waals surface area contributed by atoms with Gasteiger partial charge >= 0.3 is 0 Å². The molecular formula is C19H24Cl3N3O. The zero-order valence-corrected chi connectivity index (χ0v) is 16.9. The maximum atomic E-state index is 10.9. The van der Waals surface area contributed by atoms with E-state index in [9.17, 15) is 5.11 Å². The normalized spacial score (nSPS) is 17.5. The van der Waals surface area contributed by atoms with Crippen molar-refractivity contribution < 1.29 is 5.11 Å². The Morgan fingerprint density at radius 2 is 1.69 bits per heavy atom. The van der Waals surface area contributed by atoms with E-state index >= 15 is 0 Å². The molecule has 3 rings (SSSR count). The highest BCUT2D eigenvalue weighted by molar-refractivity contribution is 6.30. The van der Waals surface area contributed by atoms with Crippen LogP contribution in [0.3, 0.4) is 0 Å². The van der Waals surface area contributed by atoms with E-state index in [1.54, 1.807) is 0 Å². The van der Waals surface area contributed by atoms with Crippen LogP contribution in [0.4, 0.5) is 0 Å². The molecule has 26 heavy (non-hydrogen) atoms. The van der Waals surface area contributed by atoms with E-state index in [0.717, 1.165) is 63.3 Å². The summed E-state index contributed by atoms with van der Waals surface area (Å²) in [6, 6.07) is 7.56. The molecule has 1 aliphatic heterocycles. The van der Waals surface area contributed by atoms with Crippen molar-refractivity contribution in [3.63, 3.8) is 0 Å². The van der Waals surface area contributed by atoms with Gasteiger partial charge in [0.2, 0.25) is 0 Å². The van der Waals surface area contributed by atoms with Crippen LogP contribution < -0.4 is 0 Å². The van der Waals surface area contributed by atoms with Crippen LogP contribution in [-0.2, 0) is 18.0 Å². The van der Waals surface area contributed by atoms with Gasteiger partial charge in [0.25, 0.3) is 0 Å². The number of aryl methyl sites for hydroxylation is 1. The zero-order chi connectivity index (χ0) is 18.6. The number of hydrogen-bond donors (Lipinski definition) is 1. The fraction of sp³-hybridized carbons (Fsp3) is 0.526. The first-order valence-corrected chi connectivity index (χ1v) is 10.3. The molecule has 1 fully saturated rings. The van der Waals surface area contributed by atoms with Crippen molar-refractivity contribution in [2.24, 2.45) is 0 Å². The van der Waals surface area contributed by atoms with Gasteiger partial charge < -0.3 is 14.6 Å². The van der Waals surface area contributed by atoms with Crippen LogP contribution >= 0.6 is 34.8 Å². The van der Waals surface area contributed by atoms with Gasteiger partial charge in [-0.3, -0.25) is 0 Å². The lowest BCUT2D eigenvalue weighted by Gasteiger charge is -2.38. The molecule has 1 aromatic heterocycles. The van der Waals surface area contributed by atoms with Gasteiger partial charge in [0.1, 0.15) is 11.0 Å². The molecule has 1 saturated heterocycles. The summed E-state index contributed by atoms with van der Waals surface area (Å²) in [6.45, 7) is 3.73. The highest BCUT2D eigenvalue weighted by Crippen LogP contribution is 2.33. The maximum Gasteiger partial charge on any atom is 0.147 e. The number of alkyl halides is 1. The minimum absolute atomic E-state index is 0.377. The quantitative estimate of drug-likeness (QED) is 0.526. The molecule has 0 aliphatic carbocycles. The second-order valence-corrected chi connectivity index (χ2v) is 7.99. The fourth-order valence-electron chi connectivity index (χ4n) is 3.53. The Morgan fingerprint density at radius 3 is 2.35 bits per heavy atom. The Hall–Kier alpha value is -0.780. The van der Waals surface area contributed by atoms with E-state index in [1.165, 1.54) is 0 Å². The number of halogens is 3. The van der Waals surface area contributed by atoms with Gasteiger partial charge in [0.15, 0.2) is 0 Å². The number of imidazole rings is 1. The van der Waals surface area contributed by atoms with Gasteiger partial charge in [0, 0.05) is 30.9 Å². The number of aliphatic hydroxyl groups is 1. The summed E-state index contributed by atoms with van der Waals surface area (Å²) in [5, 5.41) is 12.1. The van der Waals surface area contributed by atoms with E-state index in [2.05, 4.69) is 9.88 Å². The van der Waals surface area contributed by atoms with Gasteiger partial charge in [-0.1, -0.05) is 35.3 Å². The molecule has 4 nitrogen and oxygen atoms in total. The number of benzene rings is 1. The number of likely N-dealkylation sites (tertiary alicyclic amines) is 1. The molecule has 2 aromatic rings. The largest absolute Gasteiger partial charge is 0.385 e. The van der Waals surface area contributed by atoms with Crippen LogP contribution in [0.1, 0.15) is 37.1 Å². The van der Waals surface area contributed by atoms with Crippen LogP contribution in [-0.4, -0.2) is 39.2 Å². The van der Waals surface area contributed by atoms with Gasteiger partial charge in [-0.15, -0.1) is 11.6 Å².